The molecule has 110 valence electrons. The van der Waals surface area contributed by atoms with Crippen molar-refractivity contribution in [2.45, 2.75) is 27.2 Å². The highest BCUT2D eigenvalue weighted by Gasteiger charge is 2.07. The SMILES string of the molecule is Cc1cc(C)c(CCNC(=O)c2ccc(=O)[nH]n2)cc1C. The van der Waals surface area contributed by atoms with Crippen LogP contribution in [0, 0.1) is 20.8 Å². The normalized spacial score (nSPS) is 10.4. The number of amides is 1. The molecule has 21 heavy (non-hydrogen) atoms. The zero-order valence-corrected chi connectivity index (χ0v) is 12.5. The minimum atomic E-state index is -0.322. The van der Waals surface area contributed by atoms with Gasteiger partial charge < -0.3 is 5.32 Å². The Morgan fingerprint density at radius 3 is 2.52 bits per heavy atom. The average Bonchev–Trinajstić information content (AvgIpc) is 2.45. The monoisotopic (exact) mass is 285 g/mol. The van der Waals surface area contributed by atoms with Crippen molar-refractivity contribution >= 4 is 5.91 Å². The third-order valence-corrected chi connectivity index (χ3v) is 3.54. The van der Waals surface area contributed by atoms with Gasteiger partial charge in [-0.15, -0.1) is 0 Å². The second-order valence-electron chi connectivity index (χ2n) is 5.18. The molecular formula is C16H19N3O2. The van der Waals surface area contributed by atoms with Crippen molar-refractivity contribution in [1.29, 1.82) is 0 Å². The van der Waals surface area contributed by atoms with E-state index >= 15 is 0 Å². The molecular weight excluding hydrogens is 266 g/mol. The Morgan fingerprint density at radius 1 is 1.14 bits per heavy atom. The third kappa shape index (κ3) is 3.78. The van der Waals surface area contributed by atoms with Crippen LogP contribution in [0.25, 0.3) is 0 Å². The Hall–Kier alpha value is -2.43. The smallest absolute Gasteiger partial charge is 0.271 e. The van der Waals surface area contributed by atoms with Gasteiger partial charge in [0.05, 0.1) is 0 Å². The van der Waals surface area contributed by atoms with Crippen LogP contribution in [0.4, 0.5) is 0 Å². The number of aromatic nitrogens is 2. The molecule has 0 saturated carbocycles. The van der Waals surface area contributed by atoms with E-state index in [2.05, 4.69) is 48.4 Å². The number of aromatic amines is 1. The van der Waals surface area contributed by atoms with Gasteiger partial charge in [0.1, 0.15) is 5.69 Å². The van der Waals surface area contributed by atoms with Crippen LogP contribution in [0.2, 0.25) is 0 Å². The van der Waals surface area contributed by atoms with Crippen molar-refractivity contribution < 1.29 is 4.79 Å². The Bertz CT molecular complexity index is 699. The van der Waals surface area contributed by atoms with Crippen molar-refractivity contribution in [2.75, 3.05) is 6.54 Å². The molecule has 5 heteroatoms. The first kappa shape index (κ1) is 15.0. The Morgan fingerprint density at radius 2 is 1.86 bits per heavy atom. The number of H-pyrrole nitrogens is 1. The van der Waals surface area contributed by atoms with E-state index in [1.165, 1.54) is 34.4 Å². The lowest BCUT2D eigenvalue weighted by atomic mass is 9.99. The highest BCUT2D eigenvalue weighted by atomic mass is 16.2. The molecule has 0 spiro atoms. The molecule has 0 atom stereocenters. The molecule has 0 saturated heterocycles. The lowest BCUT2D eigenvalue weighted by molar-refractivity contribution is 0.0948. The van der Waals surface area contributed by atoms with E-state index in [-0.39, 0.29) is 17.2 Å². The second kappa shape index (κ2) is 6.35. The summed E-state index contributed by atoms with van der Waals surface area (Å²) in [5, 5.41) is 8.75. The van der Waals surface area contributed by atoms with Gasteiger partial charge in [-0.25, -0.2) is 5.10 Å². The summed E-state index contributed by atoms with van der Waals surface area (Å²) in [7, 11) is 0. The van der Waals surface area contributed by atoms with E-state index in [4.69, 9.17) is 0 Å². The molecule has 0 aliphatic heterocycles. The van der Waals surface area contributed by atoms with Crippen LogP contribution in [-0.2, 0) is 6.42 Å². The van der Waals surface area contributed by atoms with E-state index in [1.54, 1.807) is 0 Å². The molecule has 1 aromatic heterocycles. The van der Waals surface area contributed by atoms with Crippen LogP contribution in [0.5, 0.6) is 0 Å². The van der Waals surface area contributed by atoms with Crippen LogP contribution < -0.4 is 10.9 Å². The molecule has 0 radical (unpaired) electrons. The largest absolute Gasteiger partial charge is 0.350 e. The van der Waals surface area contributed by atoms with Gasteiger partial charge in [0, 0.05) is 12.6 Å². The molecule has 0 bridgehead atoms. The summed E-state index contributed by atoms with van der Waals surface area (Å²) in [6.07, 6.45) is 0.766. The number of nitrogens with one attached hydrogen (secondary N) is 2. The summed E-state index contributed by atoms with van der Waals surface area (Å²) >= 11 is 0. The predicted octanol–water partition coefficient (Wildman–Crippen LogP) is 1.67. The van der Waals surface area contributed by atoms with E-state index in [0.29, 0.717) is 6.54 Å². The fraction of sp³-hybridized carbons (Fsp3) is 0.312. The van der Waals surface area contributed by atoms with Gasteiger partial charge in [0.2, 0.25) is 0 Å². The number of benzene rings is 1. The molecule has 5 nitrogen and oxygen atoms in total. The number of aryl methyl sites for hydroxylation is 3. The van der Waals surface area contributed by atoms with E-state index in [0.717, 1.165) is 6.42 Å². The van der Waals surface area contributed by atoms with Crippen molar-refractivity contribution in [3.8, 4) is 0 Å². The zero-order valence-electron chi connectivity index (χ0n) is 12.5. The van der Waals surface area contributed by atoms with E-state index < -0.39 is 0 Å². The maximum Gasteiger partial charge on any atom is 0.271 e. The zero-order chi connectivity index (χ0) is 15.4. The summed E-state index contributed by atoms with van der Waals surface area (Å²) in [4.78, 5) is 22.7. The summed E-state index contributed by atoms with van der Waals surface area (Å²) in [6, 6.07) is 7.02. The first-order valence-corrected chi connectivity index (χ1v) is 6.88. The van der Waals surface area contributed by atoms with Gasteiger partial charge in [-0.3, -0.25) is 9.59 Å². The van der Waals surface area contributed by atoms with Crippen molar-refractivity contribution in [1.82, 2.24) is 15.5 Å². The molecule has 2 rings (SSSR count). The Labute approximate surface area is 123 Å². The van der Waals surface area contributed by atoms with Crippen molar-refractivity contribution in [3.05, 3.63) is 62.6 Å². The maximum atomic E-state index is 11.9. The summed E-state index contributed by atoms with van der Waals surface area (Å²) < 4.78 is 0. The number of hydrogen-bond donors (Lipinski definition) is 2. The second-order valence-corrected chi connectivity index (χ2v) is 5.18. The minimum absolute atomic E-state index is 0.214. The molecule has 1 aromatic carbocycles. The molecule has 0 fully saturated rings. The third-order valence-electron chi connectivity index (χ3n) is 3.54. The molecule has 2 N–H and O–H groups in total. The maximum absolute atomic E-state index is 11.9. The standard InChI is InChI=1S/C16H19N3O2/c1-10-8-12(3)13(9-11(10)2)6-7-17-16(21)14-4-5-15(20)19-18-14/h4-5,8-9H,6-7H2,1-3H3,(H,17,21)(H,19,20). The fourth-order valence-corrected chi connectivity index (χ4v) is 2.16. The summed E-state index contributed by atoms with van der Waals surface area (Å²) in [6.45, 7) is 6.78. The average molecular weight is 285 g/mol. The number of hydrogen-bond acceptors (Lipinski definition) is 3. The van der Waals surface area contributed by atoms with Crippen LogP contribution in [-0.4, -0.2) is 22.6 Å². The lowest BCUT2D eigenvalue weighted by Crippen LogP contribution is -2.27. The Balaban J connectivity index is 1.95. The van der Waals surface area contributed by atoms with Gasteiger partial charge in [0.15, 0.2) is 0 Å². The summed E-state index contributed by atoms with van der Waals surface area (Å²) in [5.74, 6) is -0.285. The van der Waals surface area contributed by atoms with Gasteiger partial charge in [-0.05, 0) is 55.5 Å². The first-order valence-electron chi connectivity index (χ1n) is 6.88. The van der Waals surface area contributed by atoms with Crippen LogP contribution >= 0.6 is 0 Å². The Kier molecular flexibility index (Phi) is 4.52. The first-order chi connectivity index (χ1) is 9.97. The number of carbonyl (C=O) groups excluding carboxylic acids is 1. The highest BCUT2D eigenvalue weighted by Crippen LogP contribution is 2.15. The molecule has 1 amide bonds. The van der Waals surface area contributed by atoms with Crippen LogP contribution in [0.3, 0.4) is 0 Å². The number of nitrogens with zero attached hydrogens (tertiary/aromatic N) is 1. The van der Waals surface area contributed by atoms with Crippen molar-refractivity contribution in [2.24, 2.45) is 0 Å². The lowest BCUT2D eigenvalue weighted by Gasteiger charge is -2.10. The predicted molar refractivity (Wildman–Crippen MR) is 81.5 cm³/mol. The minimum Gasteiger partial charge on any atom is -0.350 e. The van der Waals surface area contributed by atoms with Crippen LogP contribution in [0.1, 0.15) is 32.7 Å². The molecule has 0 aliphatic carbocycles. The molecule has 1 heterocycles. The molecule has 0 aliphatic rings. The van der Waals surface area contributed by atoms with E-state index in [1.807, 2.05) is 0 Å². The summed E-state index contributed by atoms with van der Waals surface area (Å²) in [5.41, 5.74) is 4.88. The topological polar surface area (TPSA) is 74.8 Å². The highest BCUT2D eigenvalue weighted by molar-refractivity contribution is 5.91. The van der Waals surface area contributed by atoms with Crippen LogP contribution in [0.15, 0.2) is 29.1 Å². The molecule has 0 unspecified atom stereocenters. The fourth-order valence-electron chi connectivity index (χ4n) is 2.16. The van der Waals surface area contributed by atoms with Gasteiger partial charge in [0.25, 0.3) is 11.5 Å². The van der Waals surface area contributed by atoms with Gasteiger partial charge in [-0.1, -0.05) is 12.1 Å². The quantitative estimate of drug-likeness (QED) is 0.897. The van der Waals surface area contributed by atoms with E-state index in [9.17, 15) is 9.59 Å². The van der Waals surface area contributed by atoms with Gasteiger partial charge >= 0.3 is 0 Å². The van der Waals surface area contributed by atoms with Crippen molar-refractivity contribution in [3.63, 3.8) is 0 Å². The molecule has 2 aromatic rings. The van der Waals surface area contributed by atoms with Gasteiger partial charge in [-0.2, -0.15) is 5.10 Å². The number of rotatable bonds is 4. The number of carbonyl (C=O) groups is 1.